The van der Waals surface area contributed by atoms with E-state index in [2.05, 4.69) is 44.1 Å². The number of nitrogens with zero attached hydrogens (tertiary/aromatic N) is 2. The van der Waals surface area contributed by atoms with Crippen molar-refractivity contribution in [3.05, 3.63) is 76.3 Å². The van der Waals surface area contributed by atoms with Crippen LogP contribution in [0.5, 0.6) is 0 Å². The maximum absolute atomic E-state index is 13.3. The summed E-state index contributed by atoms with van der Waals surface area (Å²) in [5, 5.41) is 3.46. The van der Waals surface area contributed by atoms with E-state index in [0.717, 1.165) is 38.4 Å². The van der Waals surface area contributed by atoms with E-state index in [4.69, 9.17) is 14.5 Å². The molecule has 0 bridgehead atoms. The van der Waals surface area contributed by atoms with Crippen molar-refractivity contribution < 1.29 is 13.9 Å². The molecule has 0 fully saturated rings. The third kappa shape index (κ3) is 4.27. The van der Waals surface area contributed by atoms with Crippen molar-refractivity contribution in [2.24, 2.45) is 4.99 Å². The Morgan fingerprint density at radius 2 is 1.86 bits per heavy atom. The number of aromatic nitrogens is 1. The minimum absolute atomic E-state index is 0.248. The standard InChI is InChI=1S/C22H21BrFN3O2/c1-28-21(29-2)11-25-22-20-10-15(14-3-6-18(24)7-4-14)12-27(20)13-16-9-17(23)5-8-19(16)26-22/h3-10,12,21H,11,13H2,1-2H3,(H,25,26). The van der Waals surface area contributed by atoms with Crippen LogP contribution in [0.1, 0.15) is 11.3 Å². The first-order valence-electron chi connectivity index (χ1n) is 9.19. The van der Waals surface area contributed by atoms with Crippen LogP contribution in [0.15, 0.2) is 64.2 Å². The molecule has 0 saturated carbocycles. The molecule has 0 aliphatic carbocycles. The zero-order valence-electron chi connectivity index (χ0n) is 16.2. The van der Waals surface area contributed by atoms with Gasteiger partial charge in [0.15, 0.2) is 6.29 Å². The Balaban J connectivity index is 1.78. The summed E-state index contributed by atoms with van der Waals surface area (Å²) >= 11 is 3.55. The number of ether oxygens (including phenoxy) is 2. The first-order chi connectivity index (χ1) is 14.1. The average molecular weight is 458 g/mol. The third-order valence-electron chi connectivity index (χ3n) is 4.90. The van der Waals surface area contributed by atoms with Gasteiger partial charge in [0.2, 0.25) is 0 Å². The zero-order valence-corrected chi connectivity index (χ0v) is 17.7. The molecule has 0 spiro atoms. The lowest BCUT2D eigenvalue weighted by molar-refractivity contribution is -0.0936. The van der Waals surface area contributed by atoms with Crippen LogP contribution in [0.3, 0.4) is 0 Å². The molecule has 0 atom stereocenters. The normalized spacial score (nSPS) is 14.4. The van der Waals surface area contributed by atoms with Crippen LogP contribution in [0.25, 0.3) is 11.1 Å². The molecule has 2 aromatic carbocycles. The molecule has 29 heavy (non-hydrogen) atoms. The molecule has 5 nitrogen and oxygen atoms in total. The first-order valence-corrected chi connectivity index (χ1v) is 9.98. The molecule has 1 aliphatic heterocycles. The van der Waals surface area contributed by atoms with Gasteiger partial charge in [-0.3, -0.25) is 4.99 Å². The number of fused-ring (bicyclic) bond motifs is 2. The molecular formula is C22H21BrFN3O2. The van der Waals surface area contributed by atoms with Gasteiger partial charge in [-0.15, -0.1) is 0 Å². The zero-order chi connectivity index (χ0) is 20.4. The molecule has 1 aromatic heterocycles. The summed E-state index contributed by atoms with van der Waals surface area (Å²) < 4.78 is 27.0. The van der Waals surface area contributed by atoms with E-state index >= 15 is 0 Å². The van der Waals surface area contributed by atoms with Crippen LogP contribution >= 0.6 is 15.9 Å². The van der Waals surface area contributed by atoms with Gasteiger partial charge in [-0.2, -0.15) is 0 Å². The molecule has 0 unspecified atom stereocenters. The fourth-order valence-electron chi connectivity index (χ4n) is 3.36. The number of nitrogens with one attached hydrogen (secondary N) is 1. The second-order valence-corrected chi connectivity index (χ2v) is 7.68. The Kier molecular flexibility index (Phi) is 5.80. The summed E-state index contributed by atoms with van der Waals surface area (Å²) in [4.78, 5) is 4.73. The maximum atomic E-state index is 13.3. The van der Waals surface area contributed by atoms with Gasteiger partial charge in [0.05, 0.1) is 12.2 Å². The molecule has 3 aromatic rings. The number of benzene rings is 2. The van der Waals surface area contributed by atoms with Crippen LogP contribution in [0, 0.1) is 5.82 Å². The molecule has 0 radical (unpaired) electrons. The average Bonchev–Trinajstić information content (AvgIpc) is 3.07. The fourth-order valence-corrected chi connectivity index (χ4v) is 3.77. The van der Waals surface area contributed by atoms with Gasteiger partial charge < -0.3 is 19.4 Å². The summed E-state index contributed by atoms with van der Waals surface area (Å²) in [5.74, 6) is 0.487. The summed E-state index contributed by atoms with van der Waals surface area (Å²) in [5.41, 5.74) is 5.05. The quantitative estimate of drug-likeness (QED) is 0.554. The lowest BCUT2D eigenvalue weighted by Gasteiger charge is -2.13. The highest BCUT2D eigenvalue weighted by molar-refractivity contribution is 9.10. The van der Waals surface area contributed by atoms with Crippen molar-refractivity contribution in [3.63, 3.8) is 0 Å². The number of aliphatic imine (C=N–C) groups is 1. The SMILES string of the molecule is COC(CN=C1Nc2ccc(Br)cc2Cn2cc(-c3ccc(F)cc3)cc21)OC. The fraction of sp³-hybridized carbons (Fsp3) is 0.227. The molecule has 2 heterocycles. The third-order valence-corrected chi connectivity index (χ3v) is 5.40. The number of anilines is 1. The number of methoxy groups -OCH3 is 2. The second-order valence-electron chi connectivity index (χ2n) is 6.77. The van der Waals surface area contributed by atoms with Crippen LogP contribution in [-0.2, 0) is 16.0 Å². The highest BCUT2D eigenvalue weighted by atomic mass is 79.9. The van der Waals surface area contributed by atoms with Crippen molar-refractivity contribution in [1.29, 1.82) is 0 Å². The van der Waals surface area contributed by atoms with Crippen LogP contribution in [-0.4, -0.2) is 37.5 Å². The predicted octanol–water partition coefficient (Wildman–Crippen LogP) is 4.90. The molecule has 1 N–H and O–H groups in total. The molecule has 7 heteroatoms. The van der Waals surface area contributed by atoms with E-state index in [0.29, 0.717) is 13.1 Å². The van der Waals surface area contributed by atoms with E-state index in [1.54, 1.807) is 26.4 Å². The minimum Gasteiger partial charge on any atom is -0.354 e. The van der Waals surface area contributed by atoms with Crippen molar-refractivity contribution in [2.45, 2.75) is 12.8 Å². The number of rotatable bonds is 5. The number of amidine groups is 1. The Morgan fingerprint density at radius 1 is 1.10 bits per heavy atom. The highest BCUT2D eigenvalue weighted by Crippen LogP contribution is 2.30. The number of hydrogen-bond donors (Lipinski definition) is 1. The first kappa shape index (κ1) is 19.8. The Hall–Kier alpha value is -2.48. The van der Waals surface area contributed by atoms with E-state index in [9.17, 15) is 4.39 Å². The molecule has 0 amide bonds. The monoisotopic (exact) mass is 457 g/mol. The van der Waals surface area contributed by atoms with Crippen LogP contribution in [0.4, 0.5) is 10.1 Å². The largest absolute Gasteiger partial charge is 0.354 e. The summed E-state index contributed by atoms with van der Waals surface area (Å²) in [6.45, 7) is 1.05. The minimum atomic E-state index is -0.420. The highest BCUT2D eigenvalue weighted by Gasteiger charge is 2.20. The molecule has 1 aliphatic rings. The van der Waals surface area contributed by atoms with Gasteiger partial charge in [0.1, 0.15) is 11.7 Å². The van der Waals surface area contributed by atoms with E-state index < -0.39 is 6.29 Å². The van der Waals surface area contributed by atoms with Gasteiger partial charge >= 0.3 is 0 Å². The van der Waals surface area contributed by atoms with E-state index in [-0.39, 0.29) is 5.82 Å². The van der Waals surface area contributed by atoms with Crippen molar-refractivity contribution in [3.8, 4) is 11.1 Å². The Morgan fingerprint density at radius 3 is 2.59 bits per heavy atom. The summed E-state index contributed by atoms with van der Waals surface area (Å²) in [7, 11) is 3.19. The molecular weight excluding hydrogens is 437 g/mol. The van der Waals surface area contributed by atoms with Crippen molar-refractivity contribution in [2.75, 3.05) is 26.1 Å². The second kappa shape index (κ2) is 8.49. The van der Waals surface area contributed by atoms with Gasteiger partial charge in [-0.05, 0) is 47.5 Å². The number of halogens is 2. The summed E-state index contributed by atoms with van der Waals surface area (Å²) in [6.07, 6.45) is 1.65. The lowest BCUT2D eigenvalue weighted by Crippen LogP contribution is -2.21. The van der Waals surface area contributed by atoms with Crippen molar-refractivity contribution in [1.82, 2.24) is 4.57 Å². The predicted molar refractivity (Wildman–Crippen MR) is 116 cm³/mol. The molecule has 150 valence electrons. The summed E-state index contributed by atoms with van der Waals surface area (Å²) in [6, 6.07) is 14.7. The van der Waals surface area contributed by atoms with Gasteiger partial charge in [0, 0.05) is 42.7 Å². The lowest BCUT2D eigenvalue weighted by atomic mass is 10.1. The van der Waals surface area contributed by atoms with Gasteiger partial charge in [-0.25, -0.2) is 4.39 Å². The number of hydrogen-bond acceptors (Lipinski definition) is 3. The molecule has 0 saturated heterocycles. The topological polar surface area (TPSA) is 47.8 Å². The molecule has 4 rings (SSSR count). The van der Waals surface area contributed by atoms with E-state index in [1.807, 2.05) is 12.1 Å². The van der Waals surface area contributed by atoms with Gasteiger partial charge in [-0.1, -0.05) is 28.1 Å². The van der Waals surface area contributed by atoms with E-state index in [1.165, 1.54) is 12.1 Å². The van der Waals surface area contributed by atoms with Crippen LogP contribution < -0.4 is 5.32 Å². The van der Waals surface area contributed by atoms with Crippen LogP contribution in [0.2, 0.25) is 0 Å². The Bertz CT molecular complexity index is 1040. The maximum Gasteiger partial charge on any atom is 0.176 e. The Labute approximate surface area is 177 Å². The smallest absolute Gasteiger partial charge is 0.176 e. The van der Waals surface area contributed by atoms with Crippen molar-refractivity contribution >= 4 is 27.5 Å². The van der Waals surface area contributed by atoms with Gasteiger partial charge in [0.25, 0.3) is 0 Å².